The van der Waals surface area contributed by atoms with Gasteiger partial charge in [0.1, 0.15) is 0 Å². The second-order valence-electron chi connectivity index (χ2n) is 4.15. The fraction of sp³-hybridized carbons (Fsp3) is 0.500. The number of nitrogens with zero attached hydrogens (tertiary/aromatic N) is 2. The molecule has 5 heteroatoms. The molecule has 0 spiro atoms. The van der Waals surface area contributed by atoms with Crippen LogP contribution in [0.15, 0.2) is 24.5 Å². The Bertz CT molecular complexity index is 363. The molecule has 2 rings (SSSR count). The Balaban J connectivity index is 1.91. The second kappa shape index (κ2) is 5.75. The van der Waals surface area contributed by atoms with Gasteiger partial charge in [-0.1, -0.05) is 0 Å². The van der Waals surface area contributed by atoms with Crippen molar-refractivity contribution in [2.75, 3.05) is 33.4 Å². The number of nitrogens with one attached hydrogen (secondary N) is 1. The molecule has 1 aliphatic heterocycles. The predicted octanol–water partition coefficient (Wildman–Crippen LogP) is 0.142. The van der Waals surface area contributed by atoms with Crippen LogP contribution in [-0.4, -0.2) is 55.2 Å². The predicted molar refractivity (Wildman–Crippen MR) is 63.8 cm³/mol. The summed E-state index contributed by atoms with van der Waals surface area (Å²) in [6, 6.07) is 3.76. The monoisotopic (exact) mass is 235 g/mol. The van der Waals surface area contributed by atoms with Crippen LogP contribution in [0, 0.1) is 0 Å². The van der Waals surface area contributed by atoms with E-state index in [1.165, 1.54) is 0 Å². The minimum Gasteiger partial charge on any atom is -0.378 e. The van der Waals surface area contributed by atoms with Gasteiger partial charge in [0.2, 0.25) is 0 Å². The number of aromatic nitrogens is 1. The van der Waals surface area contributed by atoms with Gasteiger partial charge >= 0.3 is 0 Å². The summed E-state index contributed by atoms with van der Waals surface area (Å²) in [7, 11) is 1.80. The number of ether oxygens (including phenoxy) is 1. The van der Waals surface area contributed by atoms with Gasteiger partial charge in [0.25, 0.3) is 5.91 Å². The molecule has 1 aromatic heterocycles. The largest absolute Gasteiger partial charge is 0.378 e. The normalized spacial score (nSPS) is 19.9. The third-order valence-corrected chi connectivity index (χ3v) is 2.75. The van der Waals surface area contributed by atoms with E-state index in [1.54, 1.807) is 36.5 Å². The van der Waals surface area contributed by atoms with Crippen LogP contribution in [-0.2, 0) is 4.74 Å². The number of pyridine rings is 1. The molecule has 92 valence electrons. The molecule has 0 radical (unpaired) electrons. The Kier molecular flexibility index (Phi) is 4.06. The zero-order valence-corrected chi connectivity index (χ0v) is 9.93. The van der Waals surface area contributed by atoms with E-state index in [4.69, 9.17) is 4.74 Å². The van der Waals surface area contributed by atoms with Gasteiger partial charge in [-0.3, -0.25) is 9.78 Å². The Hall–Kier alpha value is -1.46. The Morgan fingerprint density at radius 3 is 3.24 bits per heavy atom. The van der Waals surface area contributed by atoms with Crippen molar-refractivity contribution in [3.8, 4) is 0 Å². The summed E-state index contributed by atoms with van der Waals surface area (Å²) < 4.78 is 5.36. The topological polar surface area (TPSA) is 54.5 Å². The standard InChI is InChI=1S/C12H17N3O2/c1-15(8-11-9-17-6-5-14-11)12(16)10-3-2-4-13-7-10/h2-4,7,11,14H,5-6,8-9H2,1H3. The number of likely N-dealkylation sites (N-methyl/N-ethyl adjacent to an activating group) is 1. The highest BCUT2D eigenvalue weighted by atomic mass is 16.5. The van der Waals surface area contributed by atoms with Crippen LogP contribution in [0.1, 0.15) is 10.4 Å². The van der Waals surface area contributed by atoms with Crippen molar-refractivity contribution in [1.82, 2.24) is 15.2 Å². The van der Waals surface area contributed by atoms with E-state index < -0.39 is 0 Å². The van der Waals surface area contributed by atoms with E-state index in [-0.39, 0.29) is 11.9 Å². The summed E-state index contributed by atoms with van der Waals surface area (Å²) in [6.07, 6.45) is 3.25. The van der Waals surface area contributed by atoms with Crippen LogP contribution in [0.3, 0.4) is 0 Å². The first-order chi connectivity index (χ1) is 8.27. The number of carbonyl (C=O) groups excluding carboxylic acids is 1. The molecule has 0 saturated carbocycles. The third-order valence-electron chi connectivity index (χ3n) is 2.75. The van der Waals surface area contributed by atoms with Gasteiger partial charge in [-0.2, -0.15) is 0 Å². The van der Waals surface area contributed by atoms with Gasteiger partial charge < -0.3 is 15.0 Å². The van der Waals surface area contributed by atoms with Gasteiger partial charge in [-0.05, 0) is 12.1 Å². The van der Waals surface area contributed by atoms with Crippen LogP contribution in [0.25, 0.3) is 0 Å². The van der Waals surface area contributed by atoms with Crippen LogP contribution in [0.2, 0.25) is 0 Å². The molecule has 0 bridgehead atoms. The van der Waals surface area contributed by atoms with Crippen molar-refractivity contribution in [1.29, 1.82) is 0 Å². The lowest BCUT2D eigenvalue weighted by Gasteiger charge is -2.28. The second-order valence-corrected chi connectivity index (χ2v) is 4.15. The van der Waals surface area contributed by atoms with Crippen molar-refractivity contribution >= 4 is 5.91 Å². The first-order valence-electron chi connectivity index (χ1n) is 5.74. The van der Waals surface area contributed by atoms with E-state index in [9.17, 15) is 4.79 Å². The fourth-order valence-electron chi connectivity index (χ4n) is 1.86. The average molecular weight is 235 g/mol. The molecular formula is C12H17N3O2. The Morgan fingerprint density at radius 1 is 1.71 bits per heavy atom. The van der Waals surface area contributed by atoms with Gasteiger partial charge in [-0.25, -0.2) is 0 Å². The summed E-state index contributed by atoms with van der Waals surface area (Å²) in [6.45, 7) is 2.90. The molecule has 5 nitrogen and oxygen atoms in total. The molecule has 2 heterocycles. The highest BCUT2D eigenvalue weighted by molar-refractivity contribution is 5.93. The van der Waals surface area contributed by atoms with Gasteiger partial charge in [0, 0.05) is 38.6 Å². The summed E-state index contributed by atoms with van der Waals surface area (Å²) >= 11 is 0. The average Bonchev–Trinajstić information content (AvgIpc) is 2.40. The third kappa shape index (κ3) is 3.25. The SMILES string of the molecule is CN(CC1COCCN1)C(=O)c1cccnc1. The summed E-state index contributed by atoms with van der Waals surface area (Å²) in [5.74, 6) is -0.00882. The minimum atomic E-state index is -0.00882. The van der Waals surface area contributed by atoms with Crippen molar-refractivity contribution in [2.45, 2.75) is 6.04 Å². The molecule has 1 aromatic rings. The van der Waals surface area contributed by atoms with Crippen LogP contribution in [0.4, 0.5) is 0 Å². The first-order valence-corrected chi connectivity index (χ1v) is 5.74. The molecular weight excluding hydrogens is 218 g/mol. The van der Waals surface area contributed by atoms with E-state index in [1.807, 2.05) is 0 Å². The number of rotatable bonds is 3. The highest BCUT2D eigenvalue weighted by Gasteiger charge is 2.18. The molecule has 0 aromatic carbocycles. The first kappa shape index (κ1) is 12.0. The smallest absolute Gasteiger partial charge is 0.255 e. The van der Waals surface area contributed by atoms with E-state index in [2.05, 4.69) is 10.3 Å². The summed E-state index contributed by atoms with van der Waals surface area (Å²) in [5.41, 5.74) is 0.617. The minimum absolute atomic E-state index is 0.00882. The molecule has 1 atom stereocenters. The van der Waals surface area contributed by atoms with Crippen molar-refractivity contribution in [3.05, 3.63) is 30.1 Å². The highest BCUT2D eigenvalue weighted by Crippen LogP contribution is 2.03. The van der Waals surface area contributed by atoms with Crippen molar-refractivity contribution < 1.29 is 9.53 Å². The van der Waals surface area contributed by atoms with E-state index in [0.29, 0.717) is 18.7 Å². The van der Waals surface area contributed by atoms with Crippen LogP contribution in [0.5, 0.6) is 0 Å². The van der Waals surface area contributed by atoms with Crippen LogP contribution < -0.4 is 5.32 Å². The molecule has 1 unspecified atom stereocenters. The Morgan fingerprint density at radius 2 is 2.59 bits per heavy atom. The zero-order chi connectivity index (χ0) is 12.1. The molecule has 1 N–H and O–H groups in total. The molecule has 0 aliphatic carbocycles. The van der Waals surface area contributed by atoms with Gasteiger partial charge in [0.05, 0.1) is 18.8 Å². The van der Waals surface area contributed by atoms with Crippen LogP contribution >= 0.6 is 0 Å². The molecule has 1 amide bonds. The number of carbonyl (C=O) groups is 1. The van der Waals surface area contributed by atoms with E-state index in [0.717, 1.165) is 13.2 Å². The Labute approximate surface area is 101 Å². The quantitative estimate of drug-likeness (QED) is 0.810. The van der Waals surface area contributed by atoms with Crippen molar-refractivity contribution in [2.24, 2.45) is 0 Å². The molecule has 17 heavy (non-hydrogen) atoms. The number of hydrogen-bond donors (Lipinski definition) is 1. The number of hydrogen-bond acceptors (Lipinski definition) is 4. The number of morpholine rings is 1. The summed E-state index contributed by atoms with van der Waals surface area (Å²) in [4.78, 5) is 17.7. The number of amides is 1. The molecule has 1 saturated heterocycles. The summed E-state index contributed by atoms with van der Waals surface area (Å²) in [5, 5.41) is 3.32. The zero-order valence-electron chi connectivity index (χ0n) is 9.93. The van der Waals surface area contributed by atoms with Gasteiger partial charge in [-0.15, -0.1) is 0 Å². The fourth-order valence-corrected chi connectivity index (χ4v) is 1.86. The van der Waals surface area contributed by atoms with Crippen molar-refractivity contribution in [3.63, 3.8) is 0 Å². The maximum Gasteiger partial charge on any atom is 0.255 e. The maximum absolute atomic E-state index is 12.0. The molecule has 1 aliphatic rings. The molecule has 1 fully saturated rings. The van der Waals surface area contributed by atoms with E-state index >= 15 is 0 Å². The lowest BCUT2D eigenvalue weighted by Crippen LogP contribution is -2.48. The van der Waals surface area contributed by atoms with Gasteiger partial charge in [0.15, 0.2) is 0 Å². The lowest BCUT2D eigenvalue weighted by atomic mass is 10.2. The maximum atomic E-state index is 12.0. The lowest BCUT2D eigenvalue weighted by molar-refractivity contribution is 0.0565.